The molecule has 0 amide bonds. The van der Waals surface area contributed by atoms with Gasteiger partial charge in [0.25, 0.3) is 0 Å². The second-order valence-electron chi connectivity index (χ2n) is 16.5. The molecule has 2 aliphatic rings. The predicted molar refractivity (Wildman–Crippen MR) is 257 cm³/mol. The Hall–Kier alpha value is -7.42. The molecule has 1 heterocycles. The summed E-state index contributed by atoms with van der Waals surface area (Å²) in [4.78, 5) is 10.8. The van der Waals surface area contributed by atoms with E-state index in [4.69, 9.17) is 9.97 Å². The summed E-state index contributed by atoms with van der Waals surface area (Å²) in [6, 6.07) is 65.5. The topological polar surface area (TPSA) is 25.8 Å². The number of aromatic nitrogens is 2. The van der Waals surface area contributed by atoms with E-state index in [1.807, 2.05) is 0 Å². The molecule has 290 valence electrons. The van der Waals surface area contributed by atoms with Gasteiger partial charge in [-0.1, -0.05) is 201 Å². The third kappa shape index (κ3) is 6.90. The van der Waals surface area contributed by atoms with E-state index in [2.05, 4.69) is 219 Å². The maximum Gasteiger partial charge on any atom is 0.161 e. The van der Waals surface area contributed by atoms with Crippen LogP contribution < -0.4 is 0 Å². The zero-order valence-electron chi connectivity index (χ0n) is 34.2. The first kappa shape index (κ1) is 36.6. The Morgan fingerprint density at radius 1 is 0.475 bits per heavy atom. The number of benzene rings is 8. The minimum Gasteiger partial charge on any atom is -0.228 e. The van der Waals surface area contributed by atoms with Gasteiger partial charge >= 0.3 is 0 Å². The Morgan fingerprint density at radius 3 is 1.74 bits per heavy atom. The molecular weight excluding hydrogens is 737 g/mol. The number of fused-ring (bicyclic) bond motifs is 6. The summed E-state index contributed by atoms with van der Waals surface area (Å²) in [5.41, 5.74) is 16.3. The van der Waals surface area contributed by atoms with Gasteiger partial charge in [-0.05, 0) is 109 Å². The summed E-state index contributed by atoms with van der Waals surface area (Å²) < 4.78 is 0. The average Bonchev–Trinajstić information content (AvgIpc) is 3.34. The van der Waals surface area contributed by atoms with Crippen molar-refractivity contribution >= 4 is 33.2 Å². The lowest BCUT2D eigenvalue weighted by atomic mass is 9.79. The highest BCUT2D eigenvalue weighted by Gasteiger charge is 2.23. The molecule has 0 fully saturated rings. The number of hydrogen-bond acceptors (Lipinski definition) is 2. The molecular formula is C59H44N2. The SMILES string of the molecule is CC1CC=Cc2c1c1cc(C3C=CC=C(c4ccccc4-c4nc(-c5cccc(-c6ccccc6)c5)cc(-c5cccc(-c6ccccc6)c5)n4)C3)ccc1c1ccccc21. The summed E-state index contributed by atoms with van der Waals surface area (Å²) in [6.07, 6.45) is 13.6. The van der Waals surface area contributed by atoms with Crippen LogP contribution in [0, 0.1) is 0 Å². The Balaban J connectivity index is 1.00. The first-order valence-corrected chi connectivity index (χ1v) is 21.5. The molecule has 0 bridgehead atoms. The molecule has 2 nitrogen and oxygen atoms in total. The first-order valence-electron chi connectivity index (χ1n) is 21.5. The van der Waals surface area contributed by atoms with E-state index >= 15 is 0 Å². The Labute approximate surface area is 358 Å². The lowest BCUT2D eigenvalue weighted by Gasteiger charge is -2.25. The summed E-state index contributed by atoms with van der Waals surface area (Å²) in [6.45, 7) is 2.38. The molecule has 0 spiro atoms. The number of hydrogen-bond donors (Lipinski definition) is 0. The Bertz CT molecular complexity index is 3110. The minimum atomic E-state index is 0.235. The van der Waals surface area contributed by atoms with E-state index in [1.165, 1.54) is 60.5 Å². The Kier molecular flexibility index (Phi) is 9.39. The fourth-order valence-corrected chi connectivity index (χ4v) is 9.62. The van der Waals surface area contributed by atoms with E-state index in [-0.39, 0.29) is 5.92 Å². The van der Waals surface area contributed by atoms with Crippen molar-refractivity contribution in [3.8, 4) is 56.2 Å². The lowest BCUT2D eigenvalue weighted by Crippen LogP contribution is -2.05. The van der Waals surface area contributed by atoms with Gasteiger partial charge in [-0.15, -0.1) is 0 Å². The molecule has 2 atom stereocenters. The van der Waals surface area contributed by atoms with E-state index < -0.39 is 0 Å². The van der Waals surface area contributed by atoms with Crippen molar-refractivity contribution in [1.29, 1.82) is 0 Å². The quantitative estimate of drug-likeness (QED) is 0.151. The van der Waals surface area contributed by atoms with E-state index in [1.54, 1.807) is 0 Å². The van der Waals surface area contributed by atoms with Gasteiger partial charge in [0.2, 0.25) is 0 Å². The molecule has 11 rings (SSSR count). The van der Waals surface area contributed by atoms with E-state index in [0.29, 0.717) is 5.92 Å². The highest BCUT2D eigenvalue weighted by Crippen LogP contribution is 2.44. The molecule has 1 aromatic heterocycles. The van der Waals surface area contributed by atoms with Gasteiger partial charge in [-0.25, -0.2) is 9.97 Å². The van der Waals surface area contributed by atoms with E-state index in [0.717, 1.165) is 57.9 Å². The third-order valence-corrected chi connectivity index (χ3v) is 12.7. The molecule has 9 aromatic rings. The summed E-state index contributed by atoms with van der Waals surface area (Å²) >= 11 is 0. The van der Waals surface area contributed by atoms with Crippen LogP contribution in [0.15, 0.2) is 206 Å². The zero-order valence-corrected chi connectivity index (χ0v) is 34.2. The van der Waals surface area contributed by atoms with Gasteiger partial charge in [-0.3, -0.25) is 0 Å². The zero-order chi connectivity index (χ0) is 40.7. The van der Waals surface area contributed by atoms with Crippen LogP contribution in [-0.2, 0) is 0 Å². The molecule has 2 heteroatoms. The highest BCUT2D eigenvalue weighted by molar-refractivity contribution is 6.13. The van der Waals surface area contributed by atoms with Crippen LogP contribution >= 0.6 is 0 Å². The van der Waals surface area contributed by atoms with Crippen LogP contribution in [0.5, 0.6) is 0 Å². The molecule has 0 radical (unpaired) electrons. The summed E-state index contributed by atoms with van der Waals surface area (Å²) in [5.74, 6) is 1.42. The maximum absolute atomic E-state index is 5.39. The molecule has 0 saturated heterocycles. The normalized spacial score (nSPS) is 15.8. The fraction of sp³-hybridized carbons (Fsp3) is 0.0847. The summed E-state index contributed by atoms with van der Waals surface area (Å²) in [7, 11) is 0. The average molecular weight is 781 g/mol. The van der Waals surface area contributed by atoms with E-state index in [9.17, 15) is 0 Å². The smallest absolute Gasteiger partial charge is 0.161 e. The van der Waals surface area contributed by atoms with Crippen molar-refractivity contribution < 1.29 is 0 Å². The largest absolute Gasteiger partial charge is 0.228 e. The third-order valence-electron chi connectivity index (χ3n) is 12.7. The molecule has 0 saturated carbocycles. The van der Waals surface area contributed by atoms with Gasteiger partial charge in [0.1, 0.15) is 0 Å². The van der Waals surface area contributed by atoms with Crippen LogP contribution in [-0.4, -0.2) is 9.97 Å². The van der Waals surface area contributed by atoms with Gasteiger partial charge in [0.05, 0.1) is 11.4 Å². The second-order valence-corrected chi connectivity index (χ2v) is 16.5. The molecule has 8 aromatic carbocycles. The van der Waals surface area contributed by atoms with Crippen LogP contribution in [0.25, 0.3) is 89.4 Å². The van der Waals surface area contributed by atoms with Crippen LogP contribution in [0.1, 0.15) is 53.9 Å². The molecule has 0 aliphatic heterocycles. The van der Waals surface area contributed by atoms with Crippen LogP contribution in [0.3, 0.4) is 0 Å². The fourth-order valence-electron chi connectivity index (χ4n) is 9.62. The molecule has 2 aliphatic carbocycles. The monoisotopic (exact) mass is 780 g/mol. The number of allylic oxidation sites excluding steroid dienone is 5. The lowest BCUT2D eigenvalue weighted by molar-refractivity contribution is 0.780. The van der Waals surface area contributed by atoms with Crippen LogP contribution in [0.2, 0.25) is 0 Å². The number of nitrogens with zero attached hydrogens (tertiary/aromatic N) is 2. The Morgan fingerprint density at radius 2 is 1.05 bits per heavy atom. The van der Waals surface area contributed by atoms with Crippen LogP contribution in [0.4, 0.5) is 0 Å². The number of rotatable bonds is 7. The minimum absolute atomic E-state index is 0.235. The van der Waals surface area contributed by atoms with Crippen molar-refractivity contribution in [2.45, 2.75) is 31.6 Å². The first-order chi connectivity index (χ1) is 30.1. The van der Waals surface area contributed by atoms with Gasteiger partial charge in [0, 0.05) is 22.6 Å². The summed E-state index contributed by atoms with van der Waals surface area (Å²) in [5, 5.41) is 5.41. The molecule has 0 N–H and O–H groups in total. The van der Waals surface area contributed by atoms with Crippen molar-refractivity contribution in [3.63, 3.8) is 0 Å². The van der Waals surface area contributed by atoms with Gasteiger partial charge < -0.3 is 0 Å². The molecule has 61 heavy (non-hydrogen) atoms. The van der Waals surface area contributed by atoms with Gasteiger partial charge in [-0.2, -0.15) is 0 Å². The highest BCUT2D eigenvalue weighted by atomic mass is 14.9. The van der Waals surface area contributed by atoms with Crippen molar-refractivity contribution in [3.05, 3.63) is 229 Å². The second kappa shape index (κ2) is 15.6. The van der Waals surface area contributed by atoms with Crippen molar-refractivity contribution in [1.82, 2.24) is 9.97 Å². The predicted octanol–water partition coefficient (Wildman–Crippen LogP) is 15.8. The van der Waals surface area contributed by atoms with Crippen molar-refractivity contribution in [2.75, 3.05) is 0 Å². The van der Waals surface area contributed by atoms with Gasteiger partial charge in [0.15, 0.2) is 5.82 Å². The standard InChI is InChI=1S/C59H44N2/c1-39-16-12-31-53-51-29-10-9-28-50(51)52-33-32-45(37-55(52)58(39)53)44-23-13-24-46(34-44)49-27-8-11-30-54(49)59-60-56(47-25-14-21-42(35-47)40-17-4-2-5-18-40)38-57(61-59)48-26-15-22-43(36-48)41-19-6-3-7-20-41/h2-15,17-33,35-39,44H,16,34H2,1H3. The maximum atomic E-state index is 5.39. The molecule has 2 unspecified atom stereocenters. The van der Waals surface area contributed by atoms with Crippen molar-refractivity contribution in [2.24, 2.45) is 0 Å².